The molecule has 0 atom stereocenters. The third kappa shape index (κ3) is 20.4. The zero-order valence-electron chi connectivity index (χ0n) is 78.3. The van der Waals surface area contributed by atoms with Gasteiger partial charge in [-0.25, -0.2) is 39.9 Å². The summed E-state index contributed by atoms with van der Waals surface area (Å²) < 4.78 is 0. The number of primary amides is 1. The Hall–Kier alpha value is -18.5. The number of nitrogens with two attached hydrogens (primary N) is 1. The van der Waals surface area contributed by atoms with E-state index in [1.807, 2.05) is 104 Å². The number of Topliss-reactive ketones (excluding diaryl/α,β-unsaturated/α-hetero) is 1. The van der Waals surface area contributed by atoms with E-state index in [4.69, 9.17) is 20.7 Å². The normalized spacial score (nSPS) is 12.9. The van der Waals surface area contributed by atoms with Crippen LogP contribution < -0.4 is 21.7 Å². The van der Waals surface area contributed by atoms with Gasteiger partial charge in [-0.05, 0) is 93.0 Å². The lowest BCUT2D eigenvalue weighted by Gasteiger charge is -2.14. The molecule has 0 aliphatic carbocycles. The van der Waals surface area contributed by atoms with Gasteiger partial charge in [-0.2, -0.15) is 20.4 Å². The Bertz CT molecular complexity index is 8330. The molecule has 20 aromatic heterocycles. The van der Waals surface area contributed by atoms with Crippen molar-refractivity contribution in [2.45, 2.75) is 121 Å². The van der Waals surface area contributed by atoms with E-state index in [2.05, 4.69) is 141 Å². The highest BCUT2D eigenvalue weighted by Crippen LogP contribution is 2.38. The number of fused-ring (bicyclic) bond motifs is 8. The molecule has 23 rings (SSSR count). The maximum atomic E-state index is 13.1. The molecule has 3 fully saturated rings. The third-order valence-corrected chi connectivity index (χ3v) is 24.7. The monoisotopic (exact) mass is 1940 g/mol. The van der Waals surface area contributed by atoms with Gasteiger partial charge in [0.05, 0.1) is 126 Å². The smallest absolute Gasteiger partial charge is 0.257 e. The number of ketones is 1. The standard InChI is InChI=1S/C26H25N9O2.C26H24N8O2.C25H23N9O2.C23H21N9O2.2CH4/c1-14(2)25(36)30-17-7-15(9-27-11-17)16-8-18-22(33-34-23(18)29-10-16)24-31-20-13-28-12-19(21(20)32-24)26(37)35-5-3-4-6-35;1-2-18(35)10-17-6-5-15(11-28-17)16-9-19-23(32-33-24(19)29-12-16)25-30-21-14-27-13-20(22(21)31-25)26(36)34-7-3-4-8-34;1-2-20(35)29-16-7-14(9-26-11-16)15-8-17-22(32-33-23(17)28-10-15)24-30-19-13-27-12-18(21(19)31-24)25(36)34-5-3-4-6-34;1-11(2)3-18(33)28-14-4-12(6-25-8-14)13-5-15-20(31-32-22(15)27-7-13)23-29-17-10-26-9-16(21(24)34)19(17)30-23;;/h7-14H,3-6H2,1-2H3,(H,30,36)(H,31,32)(H,29,33,34);5-6,9,11-14H,2-4,7-8,10H2,1H3,(H,30,31)(H,29,32,33);7-13H,2-6H2,1H3,(H,29,35)(H,30,31)(H,28,32,33);4-11H,3H2,1-2H3,(H2,24,34)(H,28,33)(H,29,30)(H,27,31,32);2*1H4. The second kappa shape index (κ2) is 41.9. The fourth-order valence-corrected chi connectivity index (χ4v) is 17.2. The molecular weight excluding hydrogens is 1840 g/mol. The van der Waals surface area contributed by atoms with E-state index >= 15 is 0 Å². The van der Waals surface area contributed by atoms with E-state index < -0.39 is 5.91 Å². The Morgan fingerprint density at radius 2 is 0.662 bits per heavy atom. The van der Waals surface area contributed by atoms with E-state index in [0.717, 1.165) is 150 Å². The Morgan fingerprint density at radius 3 is 0.979 bits per heavy atom. The zero-order chi connectivity index (χ0) is 98.6. The molecule has 145 heavy (non-hydrogen) atoms. The van der Waals surface area contributed by atoms with Crippen molar-refractivity contribution < 1.29 is 38.4 Å². The van der Waals surface area contributed by atoms with Gasteiger partial charge in [-0.1, -0.05) is 62.5 Å². The van der Waals surface area contributed by atoms with Crippen LogP contribution in [0.15, 0.2) is 172 Å². The number of amides is 7. The number of H-pyrrole nitrogens is 8. The molecule has 0 spiro atoms. The minimum atomic E-state index is -0.609. The van der Waals surface area contributed by atoms with Crippen molar-refractivity contribution in [3.63, 3.8) is 0 Å². The number of hydrogen-bond donors (Lipinski definition) is 12. The highest BCUT2D eigenvalue weighted by Gasteiger charge is 2.30. The van der Waals surface area contributed by atoms with Crippen molar-refractivity contribution in [1.82, 2.24) is 155 Å². The van der Waals surface area contributed by atoms with E-state index in [1.54, 1.807) is 118 Å². The number of aromatic nitrogens is 28. The molecule has 0 bridgehead atoms. The highest BCUT2D eigenvalue weighted by molar-refractivity contribution is 6.10. The molecule has 13 N–H and O–H groups in total. The van der Waals surface area contributed by atoms with Crippen molar-refractivity contribution in [3.05, 3.63) is 200 Å². The van der Waals surface area contributed by atoms with Crippen molar-refractivity contribution in [1.29, 1.82) is 0 Å². The first-order valence-corrected chi connectivity index (χ1v) is 46.7. The number of carbonyl (C=O) groups is 8. The van der Waals surface area contributed by atoms with Crippen LogP contribution in [-0.4, -0.2) is 242 Å². The molecule has 7 amide bonds. The number of likely N-dealkylation sites (tertiary alicyclic amines) is 3. The number of imidazole rings is 4. The van der Waals surface area contributed by atoms with E-state index in [1.165, 1.54) is 6.20 Å². The summed E-state index contributed by atoms with van der Waals surface area (Å²) in [6.45, 7) is 15.8. The van der Waals surface area contributed by atoms with Crippen LogP contribution in [0.3, 0.4) is 0 Å². The van der Waals surface area contributed by atoms with Crippen LogP contribution in [0.1, 0.15) is 161 Å². The van der Waals surface area contributed by atoms with Crippen molar-refractivity contribution in [2.75, 3.05) is 55.2 Å². The minimum absolute atomic E-state index is 0. The quantitative estimate of drug-likeness (QED) is 0.0300. The Morgan fingerprint density at radius 1 is 0.352 bits per heavy atom. The lowest BCUT2D eigenvalue weighted by Crippen LogP contribution is -2.27. The van der Waals surface area contributed by atoms with Gasteiger partial charge < -0.3 is 56.3 Å². The molecule has 43 heteroatoms. The van der Waals surface area contributed by atoms with Gasteiger partial charge in [0.1, 0.15) is 50.6 Å². The molecule has 20 aromatic rings. The van der Waals surface area contributed by atoms with Crippen LogP contribution in [-0.2, 0) is 25.6 Å². The maximum Gasteiger partial charge on any atom is 0.257 e. The van der Waals surface area contributed by atoms with E-state index in [-0.39, 0.29) is 73.5 Å². The van der Waals surface area contributed by atoms with E-state index in [9.17, 15) is 38.4 Å². The van der Waals surface area contributed by atoms with Gasteiger partial charge >= 0.3 is 0 Å². The van der Waals surface area contributed by atoms with Gasteiger partial charge in [-0.15, -0.1) is 0 Å². The maximum absolute atomic E-state index is 13.1. The number of anilines is 3. The van der Waals surface area contributed by atoms with Gasteiger partial charge in [0, 0.05) is 195 Å². The number of rotatable bonds is 22. The van der Waals surface area contributed by atoms with Crippen LogP contribution in [0.25, 0.3) is 179 Å². The molecule has 43 nitrogen and oxygen atoms in total. The van der Waals surface area contributed by atoms with Crippen molar-refractivity contribution in [3.8, 4) is 90.6 Å². The Labute approximate surface area is 825 Å². The Balaban J connectivity index is 0.000000126. The second-order valence-corrected chi connectivity index (χ2v) is 35.5. The first-order chi connectivity index (χ1) is 69.6. The van der Waals surface area contributed by atoms with Crippen LogP contribution in [0.4, 0.5) is 17.1 Å². The third-order valence-electron chi connectivity index (χ3n) is 24.7. The van der Waals surface area contributed by atoms with Crippen molar-refractivity contribution >= 4 is 152 Å². The first-order valence-electron chi connectivity index (χ1n) is 46.7. The lowest BCUT2D eigenvalue weighted by atomic mass is 10.1. The topological polar surface area (TPSA) is 593 Å². The van der Waals surface area contributed by atoms with Crippen LogP contribution in [0.2, 0.25) is 0 Å². The molecule has 0 unspecified atom stereocenters. The van der Waals surface area contributed by atoms with Crippen LogP contribution in [0, 0.1) is 11.8 Å². The largest absolute Gasteiger partial charge is 0.365 e. The molecule has 23 heterocycles. The molecule has 0 radical (unpaired) electrons. The fraction of sp³-hybridized carbons (Fsp3) is 0.255. The summed E-state index contributed by atoms with van der Waals surface area (Å²) in [6.07, 6.45) is 39.0. The number of hydrogen-bond acceptors (Lipinski definition) is 28. The van der Waals surface area contributed by atoms with Crippen LogP contribution in [0.5, 0.6) is 0 Å². The average Bonchev–Trinajstić information content (AvgIpc) is 1.62. The van der Waals surface area contributed by atoms with E-state index in [0.29, 0.717) is 172 Å². The van der Waals surface area contributed by atoms with Gasteiger partial charge in [0.15, 0.2) is 45.9 Å². The predicted octanol–water partition coefficient (Wildman–Crippen LogP) is 15.4. The number of nitrogens with one attached hydrogen (secondary N) is 11. The number of aromatic amines is 8. The SMILES string of the molecule is C.C.CC(C)C(=O)Nc1cncc(-c2cnc3n[nH]c(-c4nc5c(C(=O)N6CCCC6)cncc5[nH]4)c3c2)c1.CC(C)CC(=O)Nc1cncc(-c2cnc3n[nH]c(-c4nc5c(C(N)=O)cncc5[nH]4)c3c2)c1.CCC(=O)Cc1ccc(-c2cnc3n[nH]c(-c4nc5c(C(=O)N6CCCC6)cncc5[nH]4)c3c2)cn1.CCC(=O)Nc1cncc(-c2cnc3n[nH]c(-c4nc5c(C(=O)N6CCCC6)cncc5[nH]4)c3c2)c1. The second-order valence-electron chi connectivity index (χ2n) is 35.5. The summed E-state index contributed by atoms with van der Waals surface area (Å²) in [5.41, 5.74) is 25.8. The molecule has 3 aliphatic heterocycles. The summed E-state index contributed by atoms with van der Waals surface area (Å²) in [4.78, 5) is 188. The molecule has 0 aromatic carbocycles. The summed E-state index contributed by atoms with van der Waals surface area (Å²) in [5, 5.41) is 40.9. The number of carbonyl (C=O) groups excluding carboxylic acids is 8. The van der Waals surface area contributed by atoms with Gasteiger partial charge in [0.25, 0.3) is 23.6 Å². The van der Waals surface area contributed by atoms with Gasteiger partial charge in [-0.3, -0.25) is 98.6 Å². The molecule has 0 saturated carbocycles. The minimum Gasteiger partial charge on any atom is -0.365 e. The zero-order valence-corrected chi connectivity index (χ0v) is 78.3. The predicted molar refractivity (Wildman–Crippen MR) is 547 cm³/mol. The molecule has 3 saturated heterocycles. The average molecular weight is 1950 g/mol. The van der Waals surface area contributed by atoms with Gasteiger partial charge in [0.2, 0.25) is 17.7 Å². The molecular formula is C102H101N35O8. The summed E-state index contributed by atoms with van der Waals surface area (Å²) >= 11 is 0. The summed E-state index contributed by atoms with van der Waals surface area (Å²) in [5.74, 6) is 1.41. The molecule has 3 aliphatic rings. The first kappa shape index (κ1) is 96.8. The summed E-state index contributed by atoms with van der Waals surface area (Å²) in [7, 11) is 0. The lowest BCUT2D eigenvalue weighted by molar-refractivity contribution is -0.119. The Kier molecular flexibility index (Phi) is 28.0. The highest BCUT2D eigenvalue weighted by atomic mass is 16.2. The van der Waals surface area contributed by atoms with Crippen LogP contribution >= 0.6 is 0 Å². The number of nitrogens with zero attached hydrogens (tertiary/aromatic N) is 23. The number of pyridine rings is 12. The van der Waals surface area contributed by atoms with Crippen molar-refractivity contribution in [2.24, 2.45) is 17.6 Å². The molecule has 732 valence electrons. The summed E-state index contributed by atoms with van der Waals surface area (Å²) in [6, 6.07) is 17.2. The fourth-order valence-electron chi connectivity index (χ4n) is 17.2.